The van der Waals surface area contributed by atoms with E-state index in [4.69, 9.17) is 9.47 Å². The Labute approximate surface area is 126 Å². The van der Waals surface area contributed by atoms with Crippen LogP contribution in [0.5, 0.6) is 11.5 Å². The average molecular weight is 345 g/mol. The Morgan fingerprint density at radius 1 is 1.40 bits per heavy atom. The van der Waals surface area contributed by atoms with Gasteiger partial charge < -0.3 is 19.3 Å². The Hall–Kier alpha value is -1.27. The van der Waals surface area contributed by atoms with Crippen molar-refractivity contribution < 1.29 is 24.1 Å². The first-order valence-electron chi connectivity index (χ1n) is 6.35. The zero-order chi connectivity index (χ0) is 14.9. The van der Waals surface area contributed by atoms with Crippen LogP contribution in [0.3, 0.4) is 0 Å². The van der Waals surface area contributed by atoms with Crippen molar-refractivity contribution >= 4 is 21.9 Å². The van der Waals surface area contributed by atoms with Gasteiger partial charge in [0, 0.05) is 5.56 Å². The smallest absolute Gasteiger partial charge is 0.339 e. The maximum absolute atomic E-state index is 11.6. The summed E-state index contributed by atoms with van der Waals surface area (Å²) in [6, 6.07) is 1.65. The highest BCUT2D eigenvalue weighted by Crippen LogP contribution is 2.45. The Kier molecular flexibility index (Phi) is 4.55. The number of hydrogen-bond acceptors (Lipinski definition) is 5. The third kappa shape index (κ3) is 2.62. The predicted octanol–water partition coefficient (Wildman–Crippen LogP) is 2.55. The number of esters is 1. The number of aliphatic hydroxyl groups is 1. The minimum Gasteiger partial charge on any atom is -0.486 e. The molecule has 0 fully saturated rings. The summed E-state index contributed by atoms with van der Waals surface area (Å²) in [7, 11) is 1.24. The molecule has 1 aliphatic rings. The van der Waals surface area contributed by atoms with Crippen LogP contribution < -0.4 is 9.47 Å². The molecular formula is C14H17BrO5. The molecule has 5 nitrogen and oxygen atoms in total. The van der Waals surface area contributed by atoms with Crippen molar-refractivity contribution in [3.63, 3.8) is 0 Å². The van der Waals surface area contributed by atoms with Gasteiger partial charge in [-0.1, -0.05) is 13.8 Å². The van der Waals surface area contributed by atoms with Crippen LogP contribution in [-0.2, 0) is 9.53 Å². The molecule has 1 atom stereocenters. The average Bonchev–Trinajstić information content (AvgIpc) is 2.45. The van der Waals surface area contributed by atoms with E-state index in [9.17, 15) is 9.90 Å². The molecule has 0 aromatic heterocycles. The van der Waals surface area contributed by atoms with Crippen molar-refractivity contribution in [2.45, 2.75) is 25.9 Å². The SMILES string of the molecule is COC(=O)C(O)c1cc2c(c(Br)c1C(C)C)OCCO2. The van der Waals surface area contributed by atoms with Gasteiger partial charge in [0.05, 0.1) is 11.6 Å². The van der Waals surface area contributed by atoms with Crippen LogP contribution in [0.2, 0.25) is 0 Å². The number of hydrogen-bond donors (Lipinski definition) is 1. The third-order valence-electron chi connectivity index (χ3n) is 3.14. The standard InChI is InChI=1S/C14H17BrO5/c1-7(2)10-8(12(16)14(17)18-3)6-9-13(11(10)15)20-5-4-19-9/h6-7,12,16H,4-5H2,1-3H3. The summed E-state index contributed by atoms with van der Waals surface area (Å²) in [5, 5.41) is 10.2. The molecule has 0 saturated heterocycles. The number of benzene rings is 1. The van der Waals surface area contributed by atoms with Gasteiger partial charge in [0.15, 0.2) is 17.6 Å². The number of methoxy groups -OCH3 is 1. The van der Waals surface area contributed by atoms with Crippen molar-refractivity contribution in [2.24, 2.45) is 0 Å². The van der Waals surface area contributed by atoms with Gasteiger partial charge in [0.25, 0.3) is 0 Å². The molecule has 110 valence electrons. The normalized spacial score (nSPS) is 15.1. The number of ether oxygens (including phenoxy) is 3. The van der Waals surface area contributed by atoms with Gasteiger partial charge in [0.1, 0.15) is 13.2 Å². The summed E-state index contributed by atoms with van der Waals surface area (Å²) >= 11 is 3.49. The van der Waals surface area contributed by atoms with Crippen LogP contribution in [0.15, 0.2) is 10.5 Å². The van der Waals surface area contributed by atoms with E-state index in [0.717, 1.165) is 5.56 Å². The first kappa shape index (κ1) is 15.1. The molecule has 0 spiro atoms. The van der Waals surface area contributed by atoms with Gasteiger partial charge in [-0.3, -0.25) is 0 Å². The molecule has 20 heavy (non-hydrogen) atoms. The number of carbonyl (C=O) groups excluding carboxylic acids is 1. The number of halogens is 1. The molecule has 1 unspecified atom stereocenters. The monoisotopic (exact) mass is 344 g/mol. The molecule has 0 aliphatic carbocycles. The summed E-state index contributed by atoms with van der Waals surface area (Å²) in [4.78, 5) is 11.6. The molecule has 1 aromatic carbocycles. The van der Waals surface area contributed by atoms with E-state index in [0.29, 0.717) is 34.7 Å². The highest BCUT2D eigenvalue weighted by molar-refractivity contribution is 9.10. The lowest BCUT2D eigenvalue weighted by molar-refractivity contribution is -0.150. The fraction of sp³-hybridized carbons (Fsp3) is 0.500. The lowest BCUT2D eigenvalue weighted by atomic mass is 9.93. The van der Waals surface area contributed by atoms with Crippen LogP contribution in [0.4, 0.5) is 0 Å². The second-order valence-electron chi connectivity index (χ2n) is 4.80. The van der Waals surface area contributed by atoms with Crippen LogP contribution in [-0.4, -0.2) is 31.4 Å². The van der Waals surface area contributed by atoms with Crippen molar-refractivity contribution in [3.8, 4) is 11.5 Å². The minimum atomic E-state index is -1.34. The number of fused-ring (bicyclic) bond motifs is 1. The van der Waals surface area contributed by atoms with E-state index in [-0.39, 0.29) is 5.92 Å². The molecule has 0 saturated carbocycles. The van der Waals surface area contributed by atoms with Crippen LogP contribution in [0, 0.1) is 0 Å². The minimum absolute atomic E-state index is 0.0921. The molecule has 6 heteroatoms. The van der Waals surface area contributed by atoms with Gasteiger partial charge >= 0.3 is 5.97 Å². The van der Waals surface area contributed by atoms with Crippen molar-refractivity contribution in [1.29, 1.82) is 0 Å². The zero-order valence-corrected chi connectivity index (χ0v) is 13.2. The number of carbonyl (C=O) groups is 1. The van der Waals surface area contributed by atoms with Crippen molar-refractivity contribution in [2.75, 3.05) is 20.3 Å². The van der Waals surface area contributed by atoms with Crippen molar-refractivity contribution in [1.82, 2.24) is 0 Å². The van der Waals surface area contributed by atoms with Crippen LogP contribution >= 0.6 is 15.9 Å². The van der Waals surface area contributed by atoms with E-state index in [1.54, 1.807) is 6.07 Å². The Balaban J connectivity index is 2.60. The summed E-state index contributed by atoms with van der Waals surface area (Å²) in [5.41, 5.74) is 1.29. The lowest BCUT2D eigenvalue weighted by Gasteiger charge is -2.25. The third-order valence-corrected chi connectivity index (χ3v) is 3.93. The van der Waals surface area contributed by atoms with Crippen molar-refractivity contribution in [3.05, 3.63) is 21.7 Å². The molecular weight excluding hydrogens is 328 g/mol. The quantitative estimate of drug-likeness (QED) is 0.853. The van der Waals surface area contributed by atoms with Crippen LogP contribution in [0.25, 0.3) is 0 Å². The molecule has 1 heterocycles. The predicted molar refractivity (Wildman–Crippen MR) is 76.2 cm³/mol. The first-order chi connectivity index (χ1) is 9.47. The topological polar surface area (TPSA) is 65.0 Å². The molecule has 1 aliphatic heterocycles. The first-order valence-corrected chi connectivity index (χ1v) is 7.14. The molecule has 1 N–H and O–H groups in total. The fourth-order valence-corrected chi connectivity index (χ4v) is 3.23. The van der Waals surface area contributed by atoms with E-state index >= 15 is 0 Å². The van der Waals surface area contributed by atoms with E-state index in [1.807, 2.05) is 13.8 Å². The highest BCUT2D eigenvalue weighted by atomic mass is 79.9. The van der Waals surface area contributed by atoms with E-state index in [2.05, 4.69) is 20.7 Å². The number of rotatable bonds is 3. The Morgan fingerprint density at radius 3 is 2.65 bits per heavy atom. The maximum Gasteiger partial charge on any atom is 0.339 e. The maximum atomic E-state index is 11.6. The Bertz CT molecular complexity index is 527. The summed E-state index contributed by atoms with van der Waals surface area (Å²) in [5.74, 6) is 0.524. The van der Waals surface area contributed by atoms with E-state index < -0.39 is 12.1 Å². The van der Waals surface area contributed by atoms with Gasteiger partial charge in [-0.05, 0) is 33.5 Å². The van der Waals surface area contributed by atoms with Gasteiger partial charge in [0.2, 0.25) is 0 Å². The Morgan fingerprint density at radius 2 is 2.05 bits per heavy atom. The molecule has 2 rings (SSSR count). The molecule has 0 radical (unpaired) electrons. The number of aliphatic hydroxyl groups excluding tert-OH is 1. The van der Waals surface area contributed by atoms with Gasteiger partial charge in [-0.15, -0.1) is 0 Å². The summed E-state index contributed by atoms with van der Waals surface area (Å²) in [6.07, 6.45) is -1.34. The zero-order valence-electron chi connectivity index (χ0n) is 11.6. The highest BCUT2D eigenvalue weighted by Gasteiger charge is 2.29. The molecule has 0 amide bonds. The second-order valence-corrected chi connectivity index (χ2v) is 5.59. The molecule has 1 aromatic rings. The van der Waals surface area contributed by atoms with Gasteiger partial charge in [-0.2, -0.15) is 0 Å². The van der Waals surface area contributed by atoms with Gasteiger partial charge in [-0.25, -0.2) is 4.79 Å². The summed E-state index contributed by atoms with van der Waals surface area (Å²) < 4.78 is 16.4. The largest absolute Gasteiger partial charge is 0.486 e. The lowest BCUT2D eigenvalue weighted by Crippen LogP contribution is -2.20. The second kappa shape index (κ2) is 6.01. The fourth-order valence-electron chi connectivity index (χ4n) is 2.23. The summed E-state index contributed by atoms with van der Waals surface area (Å²) in [6.45, 7) is 4.86. The molecule has 0 bridgehead atoms. The van der Waals surface area contributed by atoms with E-state index in [1.165, 1.54) is 7.11 Å². The van der Waals surface area contributed by atoms with Crippen LogP contribution in [0.1, 0.15) is 37.0 Å².